The van der Waals surface area contributed by atoms with Gasteiger partial charge >= 0.3 is 6.09 Å². The van der Waals surface area contributed by atoms with Crippen molar-refractivity contribution in [2.45, 2.75) is 58.6 Å². The number of hydrogen-bond donors (Lipinski definition) is 1. The fraction of sp³-hybridized carbons (Fsp3) is 0.929. The van der Waals surface area contributed by atoms with Crippen LogP contribution in [0, 0.1) is 5.41 Å². The molecule has 104 valence electrons. The Kier molecular flexibility index (Phi) is 3.13. The topological polar surface area (TPSA) is 41.6 Å². The lowest BCUT2D eigenvalue weighted by molar-refractivity contribution is 0.0275. The van der Waals surface area contributed by atoms with E-state index in [-0.39, 0.29) is 17.0 Å². The van der Waals surface area contributed by atoms with Gasteiger partial charge < -0.3 is 15.0 Å². The van der Waals surface area contributed by atoms with E-state index in [2.05, 4.69) is 19.2 Å². The molecule has 1 unspecified atom stereocenters. The van der Waals surface area contributed by atoms with Crippen molar-refractivity contribution in [2.75, 3.05) is 19.6 Å². The molecule has 2 aliphatic rings. The van der Waals surface area contributed by atoms with Crippen molar-refractivity contribution in [1.82, 2.24) is 10.2 Å². The van der Waals surface area contributed by atoms with Crippen LogP contribution in [-0.4, -0.2) is 41.8 Å². The molecule has 0 aromatic carbocycles. The molecule has 2 heterocycles. The molecule has 0 radical (unpaired) electrons. The standard InChI is InChI=1S/C14H26N2O2/c1-12(2,3)18-11(17)16-7-6-14(10-16)8-13(4,5)15-9-14/h15H,6-10H2,1-5H3. The number of nitrogens with zero attached hydrogens (tertiary/aromatic N) is 1. The Bertz CT molecular complexity index is 346. The van der Waals surface area contributed by atoms with E-state index in [1.807, 2.05) is 25.7 Å². The minimum absolute atomic E-state index is 0.163. The molecule has 0 bridgehead atoms. The summed E-state index contributed by atoms with van der Waals surface area (Å²) in [6, 6.07) is 0. The van der Waals surface area contributed by atoms with E-state index in [1.165, 1.54) is 0 Å². The second kappa shape index (κ2) is 4.12. The summed E-state index contributed by atoms with van der Waals surface area (Å²) in [5.74, 6) is 0. The Morgan fingerprint density at radius 2 is 2.00 bits per heavy atom. The van der Waals surface area contributed by atoms with Crippen LogP contribution in [0.25, 0.3) is 0 Å². The fourth-order valence-corrected chi connectivity index (χ4v) is 3.20. The second-order valence-corrected chi connectivity index (χ2v) is 7.57. The third kappa shape index (κ3) is 2.97. The van der Waals surface area contributed by atoms with Gasteiger partial charge in [-0.15, -0.1) is 0 Å². The van der Waals surface area contributed by atoms with Crippen LogP contribution in [0.2, 0.25) is 0 Å². The molecular formula is C14H26N2O2. The zero-order chi connectivity index (χ0) is 13.6. The minimum Gasteiger partial charge on any atom is -0.444 e. The van der Waals surface area contributed by atoms with Gasteiger partial charge in [-0.25, -0.2) is 4.79 Å². The molecule has 18 heavy (non-hydrogen) atoms. The van der Waals surface area contributed by atoms with Gasteiger partial charge in [0.15, 0.2) is 0 Å². The summed E-state index contributed by atoms with van der Waals surface area (Å²) >= 11 is 0. The van der Waals surface area contributed by atoms with E-state index in [9.17, 15) is 4.79 Å². The van der Waals surface area contributed by atoms with Crippen molar-refractivity contribution in [1.29, 1.82) is 0 Å². The van der Waals surface area contributed by atoms with Gasteiger partial charge in [-0.2, -0.15) is 0 Å². The number of ether oxygens (including phenoxy) is 1. The number of likely N-dealkylation sites (tertiary alicyclic amines) is 1. The first-order chi connectivity index (χ1) is 8.11. The summed E-state index contributed by atoms with van der Waals surface area (Å²) < 4.78 is 5.44. The molecule has 1 atom stereocenters. The molecule has 2 rings (SSSR count). The molecule has 1 N–H and O–H groups in total. The van der Waals surface area contributed by atoms with E-state index in [4.69, 9.17) is 4.74 Å². The monoisotopic (exact) mass is 254 g/mol. The quantitative estimate of drug-likeness (QED) is 0.721. The summed E-state index contributed by atoms with van der Waals surface area (Å²) in [4.78, 5) is 13.9. The molecule has 1 amide bonds. The van der Waals surface area contributed by atoms with Crippen molar-refractivity contribution < 1.29 is 9.53 Å². The number of amides is 1. The molecule has 4 nitrogen and oxygen atoms in total. The van der Waals surface area contributed by atoms with Crippen LogP contribution in [0.1, 0.15) is 47.5 Å². The first-order valence-electron chi connectivity index (χ1n) is 6.84. The van der Waals surface area contributed by atoms with Gasteiger partial charge in [0.25, 0.3) is 0 Å². The first-order valence-corrected chi connectivity index (χ1v) is 6.84. The maximum absolute atomic E-state index is 12.0. The van der Waals surface area contributed by atoms with Gasteiger partial charge in [0.1, 0.15) is 5.60 Å². The third-order valence-electron chi connectivity index (χ3n) is 3.85. The Labute approximate surface area is 110 Å². The number of hydrogen-bond acceptors (Lipinski definition) is 3. The number of carbonyl (C=O) groups excluding carboxylic acids is 1. The maximum atomic E-state index is 12.0. The summed E-state index contributed by atoms with van der Waals surface area (Å²) in [6.45, 7) is 12.9. The first kappa shape index (κ1) is 13.7. The average molecular weight is 254 g/mol. The largest absolute Gasteiger partial charge is 0.444 e. The van der Waals surface area contributed by atoms with Crippen molar-refractivity contribution in [3.05, 3.63) is 0 Å². The highest BCUT2D eigenvalue weighted by molar-refractivity contribution is 5.68. The molecule has 0 aliphatic carbocycles. The van der Waals surface area contributed by atoms with Crippen LogP contribution < -0.4 is 5.32 Å². The summed E-state index contributed by atoms with van der Waals surface area (Å²) in [5.41, 5.74) is 0.0599. The molecule has 2 saturated heterocycles. The lowest BCUT2D eigenvalue weighted by Gasteiger charge is -2.27. The molecule has 2 aliphatic heterocycles. The number of carbonyl (C=O) groups is 1. The minimum atomic E-state index is -0.403. The SMILES string of the molecule is CC1(C)CC2(CCN(C(=O)OC(C)(C)C)C2)CN1. The van der Waals surface area contributed by atoms with Crippen LogP contribution >= 0.6 is 0 Å². The Morgan fingerprint density at radius 3 is 2.50 bits per heavy atom. The van der Waals surface area contributed by atoms with E-state index in [1.54, 1.807) is 0 Å². The number of nitrogens with one attached hydrogen (secondary N) is 1. The summed E-state index contributed by atoms with van der Waals surface area (Å²) in [7, 11) is 0. The highest BCUT2D eigenvalue weighted by Gasteiger charge is 2.48. The lowest BCUT2D eigenvalue weighted by Crippen LogP contribution is -2.37. The van der Waals surface area contributed by atoms with Gasteiger partial charge in [-0.3, -0.25) is 0 Å². The Morgan fingerprint density at radius 1 is 1.33 bits per heavy atom. The molecule has 0 aromatic rings. The number of rotatable bonds is 0. The average Bonchev–Trinajstić information content (AvgIpc) is 2.69. The van der Waals surface area contributed by atoms with E-state index in [0.29, 0.717) is 0 Å². The van der Waals surface area contributed by atoms with Crippen molar-refractivity contribution in [3.8, 4) is 0 Å². The van der Waals surface area contributed by atoms with Crippen molar-refractivity contribution in [3.63, 3.8) is 0 Å². The van der Waals surface area contributed by atoms with E-state index >= 15 is 0 Å². The molecular weight excluding hydrogens is 228 g/mol. The Hall–Kier alpha value is -0.770. The van der Waals surface area contributed by atoms with Gasteiger partial charge in [-0.1, -0.05) is 0 Å². The highest BCUT2D eigenvalue weighted by Crippen LogP contribution is 2.42. The molecule has 1 spiro atoms. The normalized spacial score (nSPS) is 31.1. The fourth-order valence-electron chi connectivity index (χ4n) is 3.20. The zero-order valence-corrected chi connectivity index (χ0v) is 12.3. The predicted octanol–water partition coefficient (Wildman–Crippen LogP) is 2.39. The van der Waals surface area contributed by atoms with Gasteiger partial charge in [-0.05, 0) is 47.5 Å². The van der Waals surface area contributed by atoms with Crippen LogP contribution in [0.3, 0.4) is 0 Å². The molecule has 0 saturated carbocycles. The van der Waals surface area contributed by atoms with Crippen LogP contribution in [0.4, 0.5) is 4.79 Å². The van der Waals surface area contributed by atoms with Crippen LogP contribution in [0.15, 0.2) is 0 Å². The highest BCUT2D eigenvalue weighted by atomic mass is 16.6. The predicted molar refractivity (Wildman–Crippen MR) is 71.6 cm³/mol. The van der Waals surface area contributed by atoms with E-state index in [0.717, 1.165) is 32.5 Å². The zero-order valence-electron chi connectivity index (χ0n) is 12.3. The van der Waals surface area contributed by atoms with Crippen LogP contribution in [-0.2, 0) is 4.74 Å². The van der Waals surface area contributed by atoms with E-state index < -0.39 is 5.60 Å². The smallest absolute Gasteiger partial charge is 0.410 e. The van der Waals surface area contributed by atoms with Gasteiger partial charge in [0.2, 0.25) is 0 Å². The molecule has 2 fully saturated rings. The van der Waals surface area contributed by atoms with Crippen molar-refractivity contribution >= 4 is 6.09 Å². The molecule has 4 heteroatoms. The van der Waals surface area contributed by atoms with Gasteiger partial charge in [0, 0.05) is 30.6 Å². The summed E-state index contributed by atoms with van der Waals surface area (Å²) in [5, 5.41) is 3.56. The van der Waals surface area contributed by atoms with Crippen molar-refractivity contribution in [2.24, 2.45) is 5.41 Å². The maximum Gasteiger partial charge on any atom is 0.410 e. The third-order valence-corrected chi connectivity index (χ3v) is 3.85. The second-order valence-electron chi connectivity index (χ2n) is 7.57. The molecule has 0 aromatic heterocycles. The Balaban J connectivity index is 1.95. The van der Waals surface area contributed by atoms with Crippen LogP contribution in [0.5, 0.6) is 0 Å². The summed E-state index contributed by atoms with van der Waals surface area (Å²) in [6.07, 6.45) is 2.06. The van der Waals surface area contributed by atoms with Gasteiger partial charge in [0.05, 0.1) is 0 Å². The lowest BCUT2D eigenvalue weighted by atomic mass is 9.81.